The summed E-state index contributed by atoms with van der Waals surface area (Å²) in [6.07, 6.45) is 5.07. The Balaban J connectivity index is 1.84. The summed E-state index contributed by atoms with van der Waals surface area (Å²) in [6.45, 7) is 2.48. The largest absolute Gasteiger partial charge is 0.400 e. The molecule has 124 valence electrons. The fraction of sp³-hybridized carbons (Fsp3) is 0.529. The van der Waals surface area contributed by atoms with Crippen molar-refractivity contribution in [1.82, 2.24) is 15.2 Å². The smallest absolute Gasteiger partial charge is 0.158 e. The van der Waals surface area contributed by atoms with Gasteiger partial charge in [0, 0.05) is 29.9 Å². The zero-order chi connectivity index (χ0) is 16.4. The molecule has 0 aliphatic carbocycles. The van der Waals surface area contributed by atoms with Crippen molar-refractivity contribution < 1.29 is 9.18 Å². The van der Waals surface area contributed by atoms with Crippen molar-refractivity contribution in [3.63, 3.8) is 0 Å². The maximum Gasteiger partial charge on any atom is 0.158 e. The van der Waals surface area contributed by atoms with Crippen LogP contribution >= 0.6 is 0 Å². The summed E-state index contributed by atoms with van der Waals surface area (Å²) in [6, 6.07) is 1.12. The van der Waals surface area contributed by atoms with Crippen molar-refractivity contribution in [3.05, 3.63) is 35.5 Å². The monoisotopic (exact) mass is 318 g/mol. The molecule has 1 aromatic rings. The lowest BCUT2D eigenvalue weighted by Gasteiger charge is -2.33. The Hall–Kier alpha value is -1.79. The summed E-state index contributed by atoms with van der Waals surface area (Å²) in [5, 5.41) is 3.21. The van der Waals surface area contributed by atoms with E-state index < -0.39 is 11.9 Å². The Morgan fingerprint density at radius 1 is 1.43 bits per heavy atom. The highest BCUT2D eigenvalue weighted by molar-refractivity contribution is 5.92. The van der Waals surface area contributed by atoms with Crippen LogP contribution in [0.2, 0.25) is 0 Å². The van der Waals surface area contributed by atoms with Crippen LogP contribution in [0.1, 0.15) is 24.8 Å². The summed E-state index contributed by atoms with van der Waals surface area (Å²) in [5.41, 5.74) is 7.91. The van der Waals surface area contributed by atoms with E-state index in [0.717, 1.165) is 31.5 Å². The van der Waals surface area contributed by atoms with E-state index in [1.165, 1.54) is 6.20 Å². The molecule has 0 aromatic carbocycles. The molecule has 0 amide bonds. The molecule has 2 aliphatic heterocycles. The van der Waals surface area contributed by atoms with E-state index >= 15 is 0 Å². The molecule has 0 spiro atoms. The molecule has 1 saturated heterocycles. The molecule has 1 aromatic heterocycles. The van der Waals surface area contributed by atoms with Gasteiger partial charge < -0.3 is 16.0 Å². The molecule has 3 N–H and O–H groups in total. The number of hydrogen-bond donors (Lipinski definition) is 2. The normalized spacial score (nSPS) is 24.0. The minimum Gasteiger partial charge on any atom is -0.400 e. The van der Waals surface area contributed by atoms with Gasteiger partial charge in [0.05, 0.1) is 6.20 Å². The van der Waals surface area contributed by atoms with Crippen LogP contribution in [-0.4, -0.2) is 48.4 Å². The minimum atomic E-state index is -0.500. The van der Waals surface area contributed by atoms with E-state index in [1.54, 1.807) is 12.3 Å². The number of hydrogen-bond acceptors (Lipinski definition) is 5. The molecule has 0 radical (unpaired) electrons. The van der Waals surface area contributed by atoms with Gasteiger partial charge in [-0.25, -0.2) is 4.39 Å². The van der Waals surface area contributed by atoms with Gasteiger partial charge in [-0.15, -0.1) is 0 Å². The highest BCUT2D eigenvalue weighted by atomic mass is 19.1. The molecule has 0 saturated carbocycles. The number of aromatic nitrogens is 1. The van der Waals surface area contributed by atoms with Gasteiger partial charge in [0.15, 0.2) is 5.78 Å². The Morgan fingerprint density at radius 3 is 2.87 bits per heavy atom. The number of Topliss-reactive ketones (excluding diaryl/α,β-unsaturated/α-hetero) is 1. The van der Waals surface area contributed by atoms with Gasteiger partial charge in [-0.3, -0.25) is 9.78 Å². The lowest BCUT2D eigenvalue weighted by molar-refractivity contribution is -0.125. The number of rotatable bonds is 3. The molecule has 1 fully saturated rings. The predicted octanol–water partition coefficient (Wildman–Crippen LogP) is 1.16. The minimum absolute atomic E-state index is 0.0314. The third kappa shape index (κ3) is 3.28. The Kier molecular flexibility index (Phi) is 4.73. The number of pyridine rings is 1. The average Bonchev–Trinajstić information content (AvgIpc) is 2.56. The van der Waals surface area contributed by atoms with Gasteiger partial charge in [-0.1, -0.05) is 0 Å². The molecular weight excluding hydrogens is 295 g/mol. The van der Waals surface area contributed by atoms with E-state index in [4.69, 9.17) is 5.73 Å². The summed E-state index contributed by atoms with van der Waals surface area (Å²) in [7, 11) is 2.07. The molecule has 3 rings (SSSR count). The highest BCUT2D eigenvalue weighted by Gasteiger charge is 2.33. The zero-order valence-corrected chi connectivity index (χ0v) is 13.4. The second kappa shape index (κ2) is 6.76. The lowest BCUT2D eigenvalue weighted by Crippen LogP contribution is -2.49. The predicted molar refractivity (Wildman–Crippen MR) is 86.9 cm³/mol. The number of piperidine rings is 1. The van der Waals surface area contributed by atoms with Gasteiger partial charge in [0.1, 0.15) is 11.9 Å². The van der Waals surface area contributed by atoms with Gasteiger partial charge in [0.25, 0.3) is 0 Å². The number of nitrogens with two attached hydrogens (primary N) is 1. The third-order valence-corrected chi connectivity index (χ3v) is 4.89. The van der Waals surface area contributed by atoms with Gasteiger partial charge in [-0.05, 0) is 51.0 Å². The quantitative estimate of drug-likeness (QED) is 0.875. The van der Waals surface area contributed by atoms with Crippen molar-refractivity contribution in [2.24, 2.45) is 11.7 Å². The Morgan fingerprint density at radius 2 is 2.17 bits per heavy atom. The van der Waals surface area contributed by atoms with E-state index in [1.807, 2.05) is 0 Å². The van der Waals surface area contributed by atoms with Crippen LogP contribution in [0, 0.1) is 11.7 Å². The van der Waals surface area contributed by atoms with Gasteiger partial charge in [0.2, 0.25) is 0 Å². The first-order valence-corrected chi connectivity index (χ1v) is 8.12. The van der Waals surface area contributed by atoms with Gasteiger partial charge >= 0.3 is 0 Å². The Bertz CT molecular complexity index is 623. The third-order valence-electron chi connectivity index (χ3n) is 4.89. The van der Waals surface area contributed by atoms with E-state index in [0.29, 0.717) is 24.2 Å². The maximum atomic E-state index is 14.0. The van der Waals surface area contributed by atoms with Crippen molar-refractivity contribution in [1.29, 1.82) is 0 Å². The van der Waals surface area contributed by atoms with Crippen LogP contribution in [0.4, 0.5) is 4.39 Å². The van der Waals surface area contributed by atoms with E-state index in [9.17, 15) is 9.18 Å². The first-order valence-electron chi connectivity index (χ1n) is 8.12. The van der Waals surface area contributed by atoms with Crippen LogP contribution in [-0.2, 0) is 4.79 Å². The molecule has 23 heavy (non-hydrogen) atoms. The maximum absolute atomic E-state index is 14.0. The molecule has 2 aliphatic rings. The number of carbonyl (C=O) groups is 1. The second-order valence-corrected chi connectivity index (χ2v) is 6.41. The molecule has 0 bridgehead atoms. The number of halogens is 1. The van der Waals surface area contributed by atoms with Crippen LogP contribution in [0.3, 0.4) is 0 Å². The highest BCUT2D eigenvalue weighted by Crippen LogP contribution is 2.29. The first-order chi connectivity index (χ1) is 11.1. The molecule has 6 heteroatoms. The van der Waals surface area contributed by atoms with Crippen molar-refractivity contribution in [2.75, 3.05) is 26.7 Å². The molecule has 1 unspecified atom stereocenters. The number of likely N-dealkylation sites (tertiary alicyclic amines) is 1. The second-order valence-electron chi connectivity index (χ2n) is 6.41. The van der Waals surface area contributed by atoms with E-state index in [2.05, 4.69) is 22.2 Å². The SMILES string of the molecule is CN1CCC(C(=O)C2NCCC(c3ccncc3F)=C2N)CC1. The van der Waals surface area contributed by atoms with E-state index in [-0.39, 0.29) is 11.7 Å². The molecule has 1 atom stereocenters. The number of carbonyl (C=O) groups excluding carboxylic acids is 1. The number of nitrogens with one attached hydrogen (secondary N) is 1. The summed E-state index contributed by atoms with van der Waals surface area (Å²) in [5.74, 6) is -0.219. The van der Waals surface area contributed by atoms with Crippen LogP contribution in [0.15, 0.2) is 24.2 Å². The lowest BCUT2D eigenvalue weighted by atomic mass is 9.84. The molecule has 3 heterocycles. The topological polar surface area (TPSA) is 71.2 Å². The van der Waals surface area contributed by atoms with Crippen LogP contribution in [0.25, 0.3) is 5.57 Å². The fourth-order valence-corrected chi connectivity index (χ4v) is 3.46. The molecule has 5 nitrogen and oxygen atoms in total. The van der Waals surface area contributed by atoms with Crippen molar-refractivity contribution in [3.8, 4) is 0 Å². The number of ketones is 1. The summed E-state index contributed by atoms with van der Waals surface area (Å²) >= 11 is 0. The average molecular weight is 318 g/mol. The van der Waals surface area contributed by atoms with Gasteiger partial charge in [-0.2, -0.15) is 0 Å². The first kappa shape index (κ1) is 16.1. The van der Waals surface area contributed by atoms with Crippen LogP contribution < -0.4 is 11.1 Å². The van der Waals surface area contributed by atoms with Crippen molar-refractivity contribution in [2.45, 2.75) is 25.3 Å². The Labute approximate surface area is 135 Å². The zero-order valence-electron chi connectivity index (χ0n) is 13.4. The number of nitrogens with zero attached hydrogens (tertiary/aromatic N) is 2. The van der Waals surface area contributed by atoms with Crippen molar-refractivity contribution >= 4 is 11.4 Å². The standard InChI is InChI=1S/C17H23FN4O/c1-22-8-4-11(5-9-22)17(23)16-15(19)13(3-7-21-16)12-2-6-20-10-14(12)18/h2,6,10-11,16,21H,3-5,7-9,19H2,1H3. The van der Waals surface area contributed by atoms with Crippen LogP contribution in [0.5, 0.6) is 0 Å². The molecular formula is C17H23FN4O. The summed E-state index contributed by atoms with van der Waals surface area (Å²) in [4.78, 5) is 18.8. The summed E-state index contributed by atoms with van der Waals surface area (Å²) < 4.78 is 14.0. The fourth-order valence-electron chi connectivity index (χ4n) is 3.46.